The topological polar surface area (TPSA) is 71.3 Å². The summed E-state index contributed by atoms with van der Waals surface area (Å²) < 4.78 is 5.63. The molecule has 1 aromatic rings. The molecule has 1 aromatic heterocycles. The predicted octanol–water partition coefficient (Wildman–Crippen LogP) is 3.15. The lowest BCUT2D eigenvalue weighted by molar-refractivity contribution is -0.123. The Labute approximate surface area is 153 Å². The molecule has 1 rings (SSSR count). The zero-order valence-electron chi connectivity index (χ0n) is 14.7. The van der Waals surface area contributed by atoms with Crippen molar-refractivity contribution in [3.63, 3.8) is 0 Å². The fourth-order valence-corrected chi connectivity index (χ4v) is 3.29. The molecule has 0 aliphatic heterocycles. The number of thioether (sulfide) groups is 2. The summed E-state index contributed by atoms with van der Waals surface area (Å²) in [4.78, 5) is 24.0. The second kappa shape index (κ2) is 12.3. The molecule has 0 aromatic carbocycles. The van der Waals surface area contributed by atoms with Crippen LogP contribution in [0.4, 0.5) is 0 Å². The summed E-state index contributed by atoms with van der Waals surface area (Å²) in [5.74, 6) is 5.06. The van der Waals surface area contributed by atoms with E-state index >= 15 is 0 Å². The van der Waals surface area contributed by atoms with E-state index in [2.05, 4.69) is 24.5 Å². The number of aryl methyl sites for hydroxylation is 1. The Morgan fingerprint density at radius 1 is 1.08 bits per heavy atom. The van der Waals surface area contributed by atoms with Crippen molar-refractivity contribution in [2.45, 2.75) is 39.7 Å². The standard InChI is InChI=1S/C17H28N2O3S2/c1-4-23-10-8-16(20)18-12-14(15-7-6-13(3)22-15)19-17(21)9-11-24-5-2/h6-7,14H,4-5,8-12H2,1-3H3,(H,18,20)(H,19,21)/t14-/m0/s1. The van der Waals surface area contributed by atoms with Crippen molar-refractivity contribution in [1.82, 2.24) is 10.6 Å². The zero-order valence-corrected chi connectivity index (χ0v) is 16.4. The van der Waals surface area contributed by atoms with E-state index in [1.807, 2.05) is 19.1 Å². The van der Waals surface area contributed by atoms with Crippen LogP contribution in [0, 0.1) is 6.92 Å². The van der Waals surface area contributed by atoms with Gasteiger partial charge in [-0.3, -0.25) is 9.59 Å². The summed E-state index contributed by atoms with van der Waals surface area (Å²) in [5, 5.41) is 5.85. The maximum atomic E-state index is 12.1. The van der Waals surface area contributed by atoms with Crippen LogP contribution in [0.2, 0.25) is 0 Å². The minimum atomic E-state index is -0.333. The summed E-state index contributed by atoms with van der Waals surface area (Å²) >= 11 is 3.48. The number of carbonyl (C=O) groups is 2. The van der Waals surface area contributed by atoms with Crippen LogP contribution in [0.5, 0.6) is 0 Å². The van der Waals surface area contributed by atoms with Gasteiger partial charge in [0.15, 0.2) is 0 Å². The Morgan fingerprint density at radius 3 is 2.25 bits per heavy atom. The van der Waals surface area contributed by atoms with Gasteiger partial charge in [0.05, 0.1) is 0 Å². The molecule has 7 heteroatoms. The maximum absolute atomic E-state index is 12.1. The highest BCUT2D eigenvalue weighted by Crippen LogP contribution is 2.16. The minimum Gasteiger partial charge on any atom is -0.464 e. The minimum absolute atomic E-state index is 0.0000144. The molecule has 136 valence electrons. The van der Waals surface area contributed by atoms with Gasteiger partial charge >= 0.3 is 0 Å². The number of hydrogen-bond acceptors (Lipinski definition) is 5. The average molecular weight is 373 g/mol. The van der Waals surface area contributed by atoms with Gasteiger partial charge < -0.3 is 15.1 Å². The Balaban J connectivity index is 2.52. The van der Waals surface area contributed by atoms with Crippen molar-refractivity contribution in [3.8, 4) is 0 Å². The molecule has 0 fully saturated rings. The number of amides is 2. The average Bonchev–Trinajstić information content (AvgIpc) is 2.98. The van der Waals surface area contributed by atoms with Gasteiger partial charge in [-0.1, -0.05) is 13.8 Å². The molecule has 0 spiro atoms. The molecule has 0 aliphatic carbocycles. The first kappa shape index (κ1) is 21.0. The van der Waals surface area contributed by atoms with Crippen molar-refractivity contribution < 1.29 is 14.0 Å². The maximum Gasteiger partial charge on any atom is 0.221 e. The quantitative estimate of drug-likeness (QED) is 0.552. The van der Waals surface area contributed by atoms with Crippen LogP contribution in [0.25, 0.3) is 0 Å². The van der Waals surface area contributed by atoms with Crippen molar-refractivity contribution in [1.29, 1.82) is 0 Å². The molecular weight excluding hydrogens is 344 g/mol. The first-order chi connectivity index (χ1) is 11.6. The van der Waals surface area contributed by atoms with Crippen LogP contribution in [0.3, 0.4) is 0 Å². The molecule has 0 bridgehead atoms. The first-order valence-electron chi connectivity index (χ1n) is 8.34. The monoisotopic (exact) mass is 372 g/mol. The van der Waals surface area contributed by atoms with Crippen LogP contribution < -0.4 is 10.6 Å². The molecule has 24 heavy (non-hydrogen) atoms. The van der Waals surface area contributed by atoms with E-state index in [9.17, 15) is 9.59 Å². The number of furan rings is 1. The van der Waals surface area contributed by atoms with Crippen LogP contribution in [-0.2, 0) is 9.59 Å². The van der Waals surface area contributed by atoms with E-state index in [1.54, 1.807) is 23.5 Å². The smallest absolute Gasteiger partial charge is 0.221 e. The summed E-state index contributed by atoms with van der Waals surface area (Å²) in [6.45, 7) is 6.35. The Morgan fingerprint density at radius 2 is 1.71 bits per heavy atom. The van der Waals surface area contributed by atoms with Crippen LogP contribution in [0.1, 0.15) is 44.3 Å². The number of carbonyl (C=O) groups excluding carboxylic acids is 2. The van der Waals surface area contributed by atoms with E-state index in [0.717, 1.165) is 28.8 Å². The van der Waals surface area contributed by atoms with Crippen molar-refractivity contribution in [2.75, 3.05) is 29.6 Å². The Hall–Kier alpha value is -1.08. The molecule has 1 heterocycles. The molecule has 1 atom stereocenters. The van der Waals surface area contributed by atoms with Crippen molar-refractivity contribution >= 4 is 35.3 Å². The summed E-state index contributed by atoms with van der Waals surface area (Å²) in [7, 11) is 0. The molecule has 0 saturated heterocycles. The van der Waals surface area contributed by atoms with Gasteiger partial charge in [-0.2, -0.15) is 23.5 Å². The van der Waals surface area contributed by atoms with Crippen molar-refractivity contribution in [2.24, 2.45) is 0 Å². The molecular formula is C17H28N2O3S2. The van der Waals surface area contributed by atoms with Gasteiger partial charge in [-0.15, -0.1) is 0 Å². The van der Waals surface area contributed by atoms with Gasteiger partial charge in [-0.25, -0.2) is 0 Å². The molecule has 2 N–H and O–H groups in total. The zero-order chi connectivity index (χ0) is 17.8. The summed E-state index contributed by atoms with van der Waals surface area (Å²) in [5.41, 5.74) is 0. The second-order valence-corrected chi connectivity index (χ2v) is 8.05. The van der Waals surface area contributed by atoms with E-state index in [-0.39, 0.29) is 17.9 Å². The van der Waals surface area contributed by atoms with Gasteiger partial charge in [0.25, 0.3) is 0 Å². The molecule has 0 unspecified atom stereocenters. The van der Waals surface area contributed by atoms with Gasteiger partial charge in [0, 0.05) is 30.9 Å². The Bertz CT molecular complexity index is 506. The third-order valence-corrected chi connectivity index (χ3v) is 5.10. The van der Waals surface area contributed by atoms with E-state index < -0.39 is 0 Å². The SMILES string of the molecule is CCSCCC(=O)NC[C@H](NC(=O)CCSCC)c1ccc(C)o1. The van der Waals surface area contributed by atoms with Gasteiger partial charge in [0.2, 0.25) is 11.8 Å². The molecule has 0 saturated carbocycles. The lowest BCUT2D eigenvalue weighted by Crippen LogP contribution is -2.38. The van der Waals surface area contributed by atoms with Crippen LogP contribution in [0.15, 0.2) is 16.5 Å². The van der Waals surface area contributed by atoms with Crippen molar-refractivity contribution in [3.05, 3.63) is 23.7 Å². The molecule has 2 amide bonds. The van der Waals surface area contributed by atoms with E-state index in [1.165, 1.54) is 0 Å². The fourth-order valence-electron chi connectivity index (χ4n) is 2.05. The highest BCUT2D eigenvalue weighted by molar-refractivity contribution is 7.99. The lowest BCUT2D eigenvalue weighted by Gasteiger charge is -2.17. The fraction of sp³-hybridized carbons (Fsp3) is 0.647. The van der Waals surface area contributed by atoms with E-state index in [4.69, 9.17) is 4.42 Å². The third kappa shape index (κ3) is 8.68. The number of rotatable bonds is 12. The molecule has 0 radical (unpaired) electrons. The number of nitrogens with one attached hydrogen (secondary N) is 2. The van der Waals surface area contributed by atoms with Gasteiger partial charge in [-0.05, 0) is 30.6 Å². The second-order valence-electron chi connectivity index (χ2n) is 5.27. The van der Waals surface area contributed by atoms with Crippen LogP contribution in [-0.4, -0.2) is 41.4 Å². The highest BCUT2D eigenvalue weighted by Gasteiger charge is 2.18. The predicted molar refractivity (Wildman–Crippen MR) is 103 cm³/mol. The summed E-state index contributed by atoms with van der Waals surface area (Å²) in [6, 6.07) is 3.38. The molecule has 0 aliphatic rings. The highest BCUT2D eigenvalue weighted by atomic mass is 32.2. The van der Waals surface area contributed by atoms with E-state index in [0.29, 0.717) is 25.1 Å². The number of hydrogen-bond donors (Lipinski definition) is 2. The molecule has 5 nitrogen and oxygen atoms in total. The summed E-state index contributed by atoms with van der Waals surface area (Å²) in [6.07, 6.45) is 0.958. The first-order valence-corrected chi connectivity index (χ1v) is 10.7. The lowest BCUT2D eigenvalue weighted by atomic mass is 10.2. The normalized spacial score (nSPS) is 12.0. The largest absolute Gasteiger partial charge is 0.464 e. The Kier molecular flexibility index (Phi) is 10.7. The third-order valence-electron chi connectivity index (χ3n) is 3.30. The van der Waals surface area contributed by atoms with Gasteiger partial charge in [0.1, 0.15) is 17.6 Å². The van der Waals surface area contributed by atoms with Crippen LogP contribution >= 0.6 is 23.5 Å².